The van der Waals surface area contributed by atoms with Crippen molar-refractivity contribution in [2.24, 2.45) is 0 Å². The molecule has 9 heteroatoms. The van der Waals surface area contributed by atoms with E-state index in [1.54, 1.807) is 48.5 Å². The lowest BCUT2D eigenvalue weighted by atomic mass is 10.2. The molecule has 0 N–H and O–H groups in total. The Balaban J connectivity index is 1.45. The maximum absolute atomic E-state index is 10.7. The third-order valence-electron chi connectivity index (χ3n) is 3.83. The van der Waals surface area contributed by atoms with Gasteiger partial charge in [0.05, 0.1) is 4.92 Å². The number of nitrogens with zero attached hydrogens (tertiary/aromatic N) is 3. The van der Waals surface area contributed by atoms with Crippen molar-refractivity contribution in [2.75, 3.05) is 0 Å². The van der Waals surface area contributed by atoms with Gasteiger partial charge in [0.1, 0.15) is 18.1 Å². The van der Waals surface area contributed by atoms with Gasteiger partial charge in [0, 0.05) is 22.7 Å². The number of furan rings is 1. The minimum atomic E-state index is -0.470. The summed E-state index contributed by atoms with van der Waals surface area (Å²) >= 11 is 5.84. The van der Waals surface area contributed by atoms with Crippen LogP contribution in [0.15, 0.2) is 69.6 Å². The van der Waals surface area contributed by atoms with Crippen molar-refractivity contribution in [1.82, 2.24) is 10.1 Å². The van der Waals surface area contributed by atoms with Crippen molar-refractivity contribution in [3.63, 3.8) is 0 Å². The van der Waals surface area contributed by atoms with Gasteiger partial charge in [-0.3, -0.25) is 10.1 Å². The number of hydrogen-bond donors (Lipinski definition) is 0. The Bertz CT molecular complexity index is 1100. The van der Waals surface area contributed by atoms with E-state index in [0.29, 0.717) is 33.7 Å². The zero-order valence-electron chi connectivity index (χ0n) is 14.2. The highest BCUT2D eigenvalue weighted by Gasteiger charge is 2.15. The normalized spacial score (nSPS) is 10.8. The second-order valence-corrected chi connectivity index (χ2v) is 6.17. The van der Waals surface area contributed by atoms with Crippen LogP contribution in [0.1, 0.15) is 5.76 Å². The van der Waals surface area contributed by atoms with E-state index in [4.69, 9.17) is 25.3 Å². The van der Waals surface area contributed by atoms with Gasteiger partial charge in [-0.15, -0.1) is 0 Å². The fourth-order valence-corrected chi connectivity index (χ4v) is 2.55. The SMILES string of the molecule is O=[N+]([O-])c1ccc(-c2noc(-c3ccc(COc4ccc(Cl)cc4)o3)n2)cc1. The van der Waals surface area contributed by atoms with Gasteiger partial charge in [0.15, 0.2) is 5.76 Å². The maximum atomic E-state index is 10.7. The van der Waals surface area contributed by atoms with Gasteiger partial charge >= 0.3 is 0 Å². The van der Waals surface area contributed by atoms with E-state index in [1.807, 2.05) is 0 Å². The highest BCUT2D eigenvalue weighted by atomic mass is 35.5. The number of halogens is 1. The number of aromatic nitrogens is 2. The first-order valence-electron chi connectivity index (χ1n) is 8.14. The van der Waals surface area contributed by atoms with Crippen LogP contribution in [0.5, 0.6) is 5.75 Å². The minimum Gasteiger partial charge on any atom is -0.486 e. The lowest BCUT2D eigenvalue weighted by molar-refractivity contribution is -0.384. The number of nitro groups is 1. The summed E-state index contributed by atoms with van der Waals surface area (Å²) in [6.07, 6.45) is 0. The predicted molar refractivity (Wildman–Crippen MR) is 99.9 cm³/mol. The maximum Gasteiger partial charge on any atom is 0.293 e. The molecule has 0 aliphatic rings. The molecular weight excluding hydrogens is 386 g/mol. The van der Waals surface area contributed by atoms with E-state index in [9.17, 15) is 10.1 Å². The van der Waals surface area contributed by atoms with Crippen LogP contribution in [-0.4, -0.2) is 15.1 Å². The topological polar surface area (TPSA) is 104 Å². The average molecular weight is 398 g/mol. The van der Waals surface area contributed by atoms with Crippen molar-refractivity contribution in [3.8, 4) is 28.8 Å². The standard InChI is InChI=1S/C19H12ClN3O5/c20-13-3-7-15(8-4-13)26-11-16-9-10-17(27-16)19-21-18(22-28-19)12-1-5-14(6-2-12)23(24)25/h1-10H,11H2. The number of benzene rings is 2. The first kappa shape index (κ1) is 17.7. The first-order valence-corrected chi connectivity index (χ1v) is 8.52. The van der Waals surface area contributed by atoms with Crippen molar-refractivity contribution < 1.29 is 18.6 Å². The fraction of sp³-hybridized carbons (Fsp3) is 0.0526. The molecule has 0 amide bonds. The van der Waals surface area contributed by atoms with Gasteiger partial charge in [-0.2, -0.15) is 4.98 Å². The van der Waals surface area contributed by atoms with Crippen LogP contribution in [0.2, 0.25) is 5.02 Å². The quantitative estimate of drug-likeness (QED) is 0.327. The van der Waals surface area contributed by atoms with Gasteiger partial charge < -0.3 is 13.7 Å². The summed E-state index contributed by atoms with van der Waals surface area (Å²) in [6.45, 7) is 0.227. The molecule has 0 fully saturated rings. The molecule has 0 bridgehead atoms. The molecule has 28 heavy (non-hydrogen) atoms. The summed E-state index contributed by atoms with van der Waals surface area (Å²) in [5, 5.41) is 15.2. The van der Waals surface area contributed by atoms with Crippen LogP contribution in [0.25, 0.3) is 23.0 Å². The third-order valence-corrected chi connectivity index (χ3v) is 4.08. The minimum absolute atomic E-state index is 0.0103. The molecule has 0 aliphatic heterocycles. The van der Waals surface area contributed by atoms with Crippen LogP contribution >= 0.6 is 11.6 Å². The number of hydrogen-bond acceptors (Lipinski definition) is 7. The van der Waals surface area contributed by atoms with E-state index in [1.165, 1.54) is 12.1 Å². The lowest BCUT2D eigenvalue weighted by Gasteiger charge is -2.03. The molecule has 2 heterocycles. The molecule has 0 radical (unpaired) electrons. The third kappa shape index (κ3) is 3.86. The van der Waals surface area contributed by atoms with Crippen molar-refractivity contribution in [3.05, 3.63) is 81.6 Å². The molecular formula is C19H12ClN3O5. The predicted octanol–water partition coefficient (Wildman–Crippen LogP) is 5.14. The largest absolute Gasteiger partial charge is 0.486 e. The van der Waals surface area contributed by atoms with Gasteiger partial charge in [-0.05, 0) is 48.5 Å². The average Bonchev–Trinajstić information content (AvgIpc) is 3.37. The Kier molecular flexibility index (Phi) is 4.77. The Hall–Kier alpha value is -3.65. The monoisotopic (exact) mass is 397 g/mol. The van der Waals surface area contributed by atoms with E-state index in [-0.39, 0.29) is 18.2 Å². The Morgan fingerprint density at radius 2 is 1.79 bits per heavy atom. The zero-order chi connectivity index (χ0) is 19.5. The molecule has 0 saturated carbocycles. The number of ether oxygens (including phenoxy) is 1. The summed E-state index contributed by atoms with van der Waals surface area (Å²) in [5.74, 6) is 2.15. The molecule has 8 nitrogen and oxygen atoms in total. The molecule has 140 valence electrons. The van der Waals surface area contributed by atoms with Crippen LogP contribution in [0, 0.1) is 10.1 Å². The Labute approximate surface area is 163 Å². The van der Waals surface area contributed by atoms with E-state index in [2.05, 4.69) is 10.1 Å². The van der Waals surface area contributed by atoms with E-state index < -0.39 is 4.92 Å². The summed E-state index contributed by atoms with van der Waals surface area (Å²) < 4.78 is 16.5. The second kappa shape index (κ2) is 7.53. The van der Waals surface area contributed by atoms with Crippen molar-refractivity contribution in [2.45, 2.75) is 6.61 Å². The van der Waals surface area contributed by atoms with Crippen LogP contribution < -0.4 is 4.74 Å². The van der Waals surface area contributed by atoms with Gasteiger partial charge in [0.25, 0.3) is 11.6 Å². The van der Waals surface area contributed by atoms with Crippen LogP contribution in [0.3, 0.4) is 0 Å². The molecule has 0 spiro atoms. The van der Waals surface area contributed by atoms with Gasteiger partial charge in [-0.1, -0.05) is 16.8 Å². The molecule has 0 unspecified atom stereocenters. The molecule has 0 aliphatic carbocycles. The first-order chi connectivity index (χ1) is 13.6. The lowest BCUT2D eigenvalue weighted by Crippen LogP contribution is -1.93. The van der Waals surface area contributed by atoms with Gasteiger partial charge in [-0.25, -0.2) is 0 Å². The number of nitro benzene ring substituents is 1. The fourth-order valence-electron chi connectivity index (χ4n) is 2.43. The summed E-state index contributed by atoms with van der Waals surface area (Å²) in [7, 11) is 0. The summed E-state index contributed by atoms with van der Waals surface area (Å²) in [6, 6.07) is 16.3. The highest BCUT2D eigenvalue weighted by Crippen LogP contribution is 2.26. The molecule has 0 saturated heterocycles. The summed E-state index contributed by atoms with van der Waals surface area (Å²) in [5.41, 5.74) is 0.585. The van der Waals surface area contributed by atoms with E-state index in [0.717, 1.165) is 0 Å². The van der Waals surface area contributed by atoms with Crippen molar-refractivity contribution in [1.29, 1.82) is 0 Å². The molecule has 2 aromatic heterocycles. The molecule has 4 aromatic rings. The second-order valence-electron chi connectivity index (χ2n) is 5.74. The number of non-ortho nitro benzene ring substituents is 1. The molecule has 4 rings (SSSR count). The highest BCUT2D eigenvalue weighted by molar-refractivity contribution is 6.30. The Morgan fingerprint density at radius 1 is 1.04 bits per heavy atom. The number of rotatable bonds is 6. The van der Waals surface area contributed by atoms with Crippen molar-refractivity contribution >= 4 is 17.3 Å². The van der Waals surface area contributed by atoms with Crippen LogP contribution in [0.4, 0.5) is 5.69 Å². The van der Waals surface area contributed by atoms with Crippen LogP contribution in [-0.2, 0) is 6.61 Å². The zero-order valence-corrected chi connectivity index (χ0v) is 15.0. The smallest absolute Gasteiger partial charge is 0.293 e. The molecule has 0 atom stereocenters. The summed E-state index contributed by atoms with van der Waals surface area (Å²) in [4.78, 5) is 14.5. The molecule has 2 aromatic carbocycles. The van der Waals surface area contributed by atoms with E-state index >= 15 is 0 Å². The Morgan fingerprint density at radius 3 is 2.50 bits per heavy atom. The van der Waals surface area contributed by atoms with Gasteiger partial charge in [0.2, 0.25) is 5.82 Å².